The maximum absolute atomic E-state index is 13.5. The van der Waals surface area contributed by atoms with E-state index in [2.05, 4.69) is 0 Å². The molecule has 0 aliphatic heterocycles. The van der Waals surface area contributed by atoms with Crippen LogP contribution in [0.4, 0.5) is 8.78 Å². The van der Waals surface area contributed by atoms with E-state index in [9.17, 15) is 8.78 Å². The Kier molecular flexibility index (Phi) is 2.86. The lowest BCUT2D eigenvalue weighted by molar-refractivity contribution is 0.0894. The fourth-order valence-electron chi connectivity index (χ4n) is 2.39. The molecule has 1 atom stereocenters. The fourth-order valence-corrected chi connectivity index (χ4v) is 2.39. The second kappa shape index (κ2) is 3.95. The van der Waals surface area contributed by atoms with E-state index in [1.165, 1.54) is 0 Å². The molecule has 1 aliphatic carbocycles. The first-order chi connectivity index (χ1) is 7.97. The van der Waals surface area contributed by atoms with Gasteiger partial charge in [-0.2, -0.15) is 0 Å². The molecular weight excluding hydrogens is 224 g/mol. The molecule has 1 aromatic carbocycles. The lowest BCUT2D eigenvalue weighted by atomic mass is 9.91. The Morgan fingerprint density at radius 1 is 1.41 bits per heavy atom. The lowest BCUT2D eigenvalue weighted by Crippen LogP contribution is -2.27. The van der Waals surface area contributed by atoms with Crippen LogP contribution >= 0.6 is 0 Å². The van der Waals surface area contributed by atoms with Crippen molar-refractivity contribution in [1.82, 2.24) is 0 Å². The Hall–Kier alpha value is -1.16. The van der Waals surface area contributed by atoms with Crippen molar-refractivity contribution in [3.63, 3.8) is 0 Å². The first-order valence-electron chi connectivity index (χ1n) is 5.78. The molecule has 1 fully saturated rings. The summed E-state index contributed by atoms with van der Waals surface area (Å²) in [5, 5.41) is 0. The van der Waals surface area contributed by atoms with Crippen LogP contribution in [0.3, 0.4) is 0 Å². The standard InChI is InChI=1S/C13H17F2NO/c1-3-17-10-4-5-11(9(2)6-10)12(8-16)7-13(12,14)15/h4-6H,3,7-8,16H2,1-2H3. The highest BCUT2D eigenvalue weighted by Crippen LogP contribution is 2.61. The third-order valence-corrected chi connectivity index (χ3v) is 3.47. The number of hydrogen-bond acceptors (Lipinski definition) is 2. The quantitative estimate of drug-likeness (QED) is 0.879. The van der Waals surface area contributed by atoms with E-state index < -0.39 is 11.3 Å². The van der Waals surface area contributed by atoms with Gasteiger partial charge in [0.2, 0.25) is 0 Å². The van der Waals surface area contributed by atoms with Crippen molar-refractivity contribution in [3.8, 4) is 5.75 Å². The largest absolute Gasteiger partial charge is 0.494 e. The third kappa shape index (κ3) is 1.80. The van der Waals surface area contributed by atoms with Crippen LogP contribution in [0.5, 0.6) is 5.75 Å². The molecule has 2 N–H and O–H groups in total. The van der Waals surface area contributed by atoms with Crippen LogP contribution in [0.25, 0.3) is 0 Å². The van der Waals surface area contributed by atoms with Crippen molar-refractivity contribution in [2.45, 2.75) is 31.6 Å². The minimum absolute atomic E-state index is 0.0190. The summed E-state index contributed by atoms with van der Waals surface area (Å²) in [7, 11) is 0. The summed E-state index contributed by atoms with van der Waals surface area (Å²) in [6, 6.07) is 5.25. The average molecular weight is 241 g/mol. The van der Waals surface area contributed by atoms with E-state index in [1.807, 2.05) is 13.8 Å². The van der Waals surface area contributed by atoms with Crippen LogP contribution < -0.4 is 10.5 Å². The maximum Gasteiger partial charge on any atom is 0.260 e. The third-order valence-electron chi connectivity index (χ3n) is 3.47. The van der Waals surface area contributed by atoms with Gasteiger partial charge in [-0.1, -0.05) is 6.07 Å². The molecule has 0 amide bonds. The molecular formula is C13H17F2NO. The van der Waals surface area contributed by atoms with Crippen molar-refractivity contribution in [3.05, 3.63) is 29.3 Å². The normalized spacial score (nSPS) is 25.7. The SMILES string of the molecule is CCOc1ccc(C2(CN)CC2(F)F)c(C)c1. The molecule has 1 unspecified atom stereocenters. The van der Waals surface area contributed by atoms with Gasteiger partial charge in [0.1, 0.15) is 5.75 Å². The predicted molar refractivity (Wildman–Crippen MR) is 62.6 cm³/mol. The average Bonchev–Trinajstić information content (AvgIpc) is 2.83. The first kappa shape index (κ1) is 12.3. The van der Waals surface area contributed by atoms with Crippen LogP contribution in [-0.4, -0.2) is 19.1 Å². The van der Waals surface area contributed by atoms with Crippen molar-refractivity contribution in [2.75, 3.05) is 13.2 Å². The molecule has 0 spiro atoms. The summed E-state index contributed by atoms with van der Waals surface area (Å²) in [4.78, 5) is 0. The maximum atomic E-state index is 13.5. The number of alkyl halides is 2. The van der Waals surface area contributed by atoms with Gasteiger partial charge < -0.3 is 10.5 Å². The molecule has 94 valence electrons. The minimum Gasteiger partial charge on any atom is -0.494 e. The number of ether oxygens (including phenoxy) is 1. The van der Waals surface area contributed by atoms with Gasteiger partial charge in [-0.05, 0) is 37.1 Å². The van der Waals surface area contributed by atoms with Gasteiger partial charge in [0.25, 0.3) is 5.92 Å². The Balaban J connectivity index is 2.35. The van der Waals surface area contributed by atoms with Gasteiger partial charge >= 0.3 is 0 Å². The van der Waals surface area contributed by atoms with Crippen LogP contribution in [0.2, 0.25) is 0 Å². The van der Waals surface area contributed by atoms with Crippen molar-refractivity contribution >= 4 is 0 Å². The predicted octanol–water partition coefficient (Wildman–Crippen LogP) is 2.63. The number of rotatable bonds is 4. The summed E-state index contributed by atoms with van der Waals surface area (Å²) < 4.78 is 32.3. The molecule has 0 saturated heterocycles. The highest BCUT2D eigenvalue weighted by Gasteiger charge is 2.71. The van der Waals surface area contributed by atoms with Crippen molar-refractivity contribution in [2.24, 2.45) is 5.73 Å². The first-order valence-corrected chi connectivity index (χ1v) is 5.78. The number of hydrogen-bond donors (Lipinski definition) is 1. The molecule has 1 aromatic rings. The lowest BCUT2D eigenvalue weighted by Gasteiger charge is -2.18. The second-order valence-corrected chi connectivity index (χ2v) is 4.58. The van der Waals surface area contributed by atoms with Crippen molar-refractivity contribution < 1.29 is 13.5 Å². The van der Waals surface area contributed by atoms with Gasteiger partial charge in [0, 0.05) is 13.0 Å². The topological polar surface area (TPSA) is 35.2 Å². The fraction of sp³-hybridized carbons (Fsp3) is 0.538. The Morgan fingerprint density at radius 2 is 2.06 bits per heavy atom. The molecule has 0 radical (unpaired) electrons. The van der Waals surface area contributed by atoms with E-state index in [0.717, 1.165) is 5.56 Å². The molecule has 0 heterocycles. The summed E-state index contributed by atoms with van der Waals surface area (Å²) in [6.45, 7) is 4.26. The summed E-state index contributed by atoms with van der Waals surface area (Å²) in [6.07, 6.45) is -0.147. The van der Waals surface area contributed by atoms with E-state index >= 15 is 0 Å². The number of halogens is 2. The van der Waals surface area contributed by atoms with Crippen LogP contribution in [0.15, 0.2) is 18.2 Å². The van der Waals surface area contributed by atoms with Gasteiger partial charge in [-0.15, -0.1) is 0 Å². The molecule has 2 rings (SSSR count). The van der Waals surface area contributed by atoms with Gasteiger partial charge in [-0.3, -0.25) is 0 Å². The smallest absolute Gasteiger partial charge is 0.260 e. The molecule has 2 nitrogen and oxygen atoms in total. The highest BCUT2D eigenvalue weighted by atomic mass is 19.3. The van der Waals surface area contributed by atoms with Crippen LogP contribution in [0.1, 0.15) is 24.5 Å². The zero-order chi connectivity index (χ0) is 12.7. The molecule has 17 heavy (non-hydrogen) atoms. The van der Waals surface area contributed by atoms with Gasteiger partial charge in [0.15, 0.2) is 0 Å². The zero-order valence-corrected chi connectivity index (χ0v) is 10.1. The number of aryl methyl sites for hydroxylation is 1. The Morgan fingerprint density at radius 3 is 2.47 bits per heavy atom. The number of benzene rings is 1. The summed E-state index contributed by atoms with van der Waals surface area (Å²) in [5.74, 6) is -1.95. The van der Waals surface area contributed by atoms with E-state index in [0.29, 0.717) is 17.9 Å². The Labute approximate surface area is 99.8 Å². The summed E-state index contributed by atoms with van der Waals surface area (Å²) >= 11 is 0. The van der Waals surface area contributed by atoms with E-state index in [4.69, 9.17) is 10.5 Å². The molecule has 0 aromatic heterocycles. The Bertz CT molecular complexity index is 433. The van der Waals surface area contributed by atoms with Crippen LogP contribution in [-0.2, 0) is 5.41 Å². The van der Waals surface area contributed by atoms with Crippen LogP contribution in [0, 0.1) is 6.92 Å². The van der Waals surface area contributed by atoms with E-state index in [1.54, 1.807) is 18.2 Å². The monoisotopic (exact) mass is 241 g/mol. The zero-order valence-electron chi connectivity index (χ0n) is 10.1. The van der Waals surface area contributed by atoms with Crippen molar-refractivity contribution in [1.29, 1.82) is 0 Å². The minimum atomic E-state index is -2.67. The van der Waals surface area contributed by atoms with E-state index in [-0.39, 0.29) is 13.0 Å². The summed E-state index contributed by atoms with van der Waals surface area (Å²) in [5.41, 5.74) is 5.84. The molecule has 0 bridgehead atoms. The highest BCUT2D eigenvalue weighted by molar-refractivity contribution is 5.46. The number of nitrogens with two attached hydrogens (primary N) is 1. The molecule has 4 heteroatoms. The molecule has 1 aliphatic rings. The second-order valence-electron chi connectivity index (χ2n) is 4.58. The molecule has 1 saturated carbocycles. The van der Waals surface area contributed by atoms with Gasteiger partial charge in [0.05, 0.1) is 12.0 Å². The van der Waals surface area contributed by atoms with Gasteiger partial charge in [-0.25, -0.2) is 8.78 Å².